The van der Waals surface area contributed by atoms with Crippen molar-refractivity contribution in [2.24, 2.45) is 0 Å². The highest BCUT2D eigenvalue weighted by molar-refractivity contribution is 7.89. The van der Waals surface area contributed by atoms with Crippen LogP contribution in [0.2, 0.25) is 0 Å². The zero-order chi connectivity index (χ0) is 12.6. The van der Waals surface area contributed by atoms with Gasteiger partial charge in [-0.25, -0.2) is 22.8 Å². The first-order chi connectivity index (χ1) is 8.65. The molecule has 0 bridgehead atoms. The average molecular weight is 268 g/mol. The van der Waals surface area contributed by atoms with Gasteiger partial charge in [0.25, 0.3) is 0 Å². The maximum atomic E-state index is 12.0. The van der Waals surface area contributed by atoms with Crippen LogP contribution in [-0.2, 0) is 23.0 Å². The van der Waals surface area contributed by atoms with Gasteiger partial charge in [0.1, 0.15) is 23.3 Å². The van der Waals surface area contributed by atoms with Crippen molar-refractivity contribution in [3.8, 4) is 0 Å². The minimum absolute atomic E-state index is 0.145. The molecule has 0 spiro atoms. The molecule has 0 aliphatic carbocycles. The van der Waals surface area contributed by atoms with Gasteiger partial charge in [0.15, 0.2) is 0 Å². The summed E-state index contributed by atoms with van der Waals surface area (Å²) in [4.78, 5) is 4.24. The molecule has 0 amide bonds. The van der Waals surface area contributed by atoms with Crippen molar-refractivity contribution in [2.45, 2.75) is 30.3 Å². The lowest BCUT2D eigenvalue weighted by atomic mass is 10.1. The summed E-state index contributed by atoms with van der Waals surface area (Å²) in [6.07, 6.45) is 5.48. The Morgan fingerprint density at radius 3 is 3.17 bits per heavy atom. The molecule has 3 rings (SSSR count). The van der Waals surface area contributed by atoms with E-state index in [1.54, 1.807) is 4.68 Å². The molecule has 8 heteroatoms. The van der Waals surface area contributed by atoms with E-state index in [0.717, 1.165) is 18.7 Å². The van der Waals surface area contributed by atoms with Crippen molar-refractivity contribution in [1.29, 1.82) is 0 Å². The Morgan fingerprint density at radius 1 is 1.50 bits per heavy atom. The Balaban J connectivity index is 1.75. The molecule has 1 atom stereocenters. The number of hydrogen-bond acceptors (Lipinski definition) is 5. The van der Waals surface area contributed by atoms with E-state index in [2.05, 4.69) is 14.8 Å². The lowest BCUT2D eigenvalue weighted by molar-refractivity contribution is 0.395. The molecule has 3 heterocycles. The maximum absolute atomic E-state index is 12.0. The van der Waals surface area contributed by atoms with E-state index >= 15 is 0 Å². The molecule has 0 fully saturated rings. The average Bonchev–Trinajstić information content (AvgIpc) is 2.99. The Hall–Kier alpha value is -1.67. The van der Waals surface area contributed by atoms with Crippen LogP contribution in [0.1, 0.15) is 12.2 Å². The number of fused-ring (bicyclic) bond motifs is 1. The van der Waals surface area contributed by atoms with Gasteiger partial charge in [0, 0.05) is 12.5 Å². The van der Waals surface area contributed by atoms with Crippen LogP contribution >= 0.6 is 0 Å². The van der Waals surface area contributed by atoms with E-state index in [1.807, 2.05) is 0 Å². The van der Waals surface area contributed by atoms with E-state index in [9.17, 15) is 8.42 Å². The summed E-state index contributed by atoms with van der Waals surface area (Å²) in [5, 5.41) is 4.05. The fraction of sp³-hybridized carbons (Fsp3) is 0.400. The monoisotopic (exact) mass is 268 g/mol. The standard InChI is InChI=1S/C10H12N4O3S/c15-18(16,9-3-4-17-6-9)13-8-1-2-10-11-7-12-14(10)5-8/h3-4,6-8,13H,1-2,5H2/t8-/m0/s1. The van der Waals surface area contributed by atoms with Crippen LogP contribution in [0.15, 0.2) is 34.2 Å². The van der Waals surface area contributed by atoms with Crippen molar-refractivity contribution >= 4 is 10.0 Å². The van der Waals surface area contributed by atoms with Crippen LogP contribution < -0.4 is 4.72 Å². The molecule has 1 aliphatic rings. The Labute approximate surface area is 104 Å². The SMILES string of the molecule is O=S(=O)(N[C@H]1CCc2ncnn2C1)c1ccoc1. The second kappa shape index (κ2) is 4.21. The molecule has 2 aromatic rings. The van der Waals surface area contributed by atoms with Gasteiger partial charge in [-0.1, -0.05) is 0 Å². The third-order valence-corrected chi connectivity index (χ3v) is 4.43. The summed E-state index contributed by atoms with van der Waals surface area (Å²) < 4.78 is 33.2. The predicted octanol–water partition coefficient (Wildman–Crippen LogP) is 0.164. The van der Waals surface area contributed by atoms with E-state index in [-0.39, 0.29) is 10.9 Å². The summed E-state index contributed by atoms with van der Waals surface area (Å²) in [5.41, 5.74) is 0. The van der Waals surface area contributed by atoms with E-state index in [4.69, 9.17) is 4.42 Å². The van der Waals surface area contributed by atoms with Crippen molar-refractivity contribution in [3.63, 3.8) is 0 Å². The van der Waals surface area contributed by atoms with Crippen molar-refractivity contribution in [3.05, 3.63) is 30.7 Å². The molecule has 18 heavy (non-hydrogen) atoms. The molecule has 1 aliphatic heterocycles. The van der Waals surface area contributed by atoms with Crippen LogP contribution in [0.5, 0.6) is 0 Å². The minimum atomic E-state index is -3.51. The third-order valence-electron chi connectivity index (χ3n) is 2.93. The van der Waals surface area contributed by atoms with Crippen molar-refractivity contribution < 1.29 is 12.8 Å². The van der Waals surface area contributed by atoms with E-state index in [1.165, 1.54) is 24.9 Å². The fourth-order valence-electron chi connectivity index (χ4n) is 2.03. The molecular weight excluding hydrogens is 256 g/mol. The molecule has 1 N–H and O–H groups in total. The molecule has 96 valence electrons. The Kier molecular flexibility index (Phi) is 2.67. The molecule has 0 saturated heterocycles. The number of nitrogens with one attached hydrogen (secondary N) is 1. The quantitative estimate of drug-likeness (QED) is 0.856. The highest BCUT2D eigenvalue weighted by Gasteiger charge is 2.25. The molecule has 0 radical (unpaired) electrons. The first kappa shape index (κ1) is 11.4. The predicted molar refractivity (Wildman–Crippen MR) is 61.2 cm³/mol. The number of furan rings is 1. The van der Waals surface area contributed by atoms with Gasteiger partial charge in [-0.15, -0.1) is 0 Å². The summed E-state index contributed by atoms with van der Waals surface area (Å²) in [7, 11) is -3.51. The van der Waals surface area contributed by atoms with Crippen LogP contribution in [0, 0.1) is 0 Å². The molecular formula is C10H12N4O3S. The summed E-state index contributed by atoms with van der Waals surface area (Å²) in [6.45, 7) is 0.506. The zero-order valence-electron chi connectivity index (χ0n) is 9.48. The summed E-state index contributed by atoms with van der Waals surface area (Å²) in [6, 6.07) is 1.26. The summed E-state index contributed by atoms with van der Waals surface area (Å²) in [5.74, 6) is 0.897. The van der Waals surface area contributed by atoms with Gasteiger partial charge in [-0.2, -0.15) is 5.10 Å². The second-order valence-corrected chi connectivity index (χ2v) is 5.89. The van der Waals surface area contributed by atoms with Crippen LogP contribution in [0.25, 0.3) is 0 Å². The molecule has 0 aromatic carbocycles. The van der Waals surface area contributed by atoms with Gasteiger partial charge < -0.3 is 4.42 Å². The maximum Gasteiger partial charge on any atom is 0.244 e. The van der Waals surface area contributed by atoms with Crippen molar-refractivity contribution in [1.82, 2.24) is 19.5 Å². The topological polar surface area (TPSA) is 90.0 Å². The largest absolute Gasteiger partial charge is 0.471 e. The first-order valence-corrected chi connectivity index (χ1v) is 7.05. The molecule has 7 nitrogen and oxygen atoms in total. The zero-order valence-corrected chi connectivity index (χ0v) is 10.3. The number of aromatic nitrogens is 3. The number of hydrogen-bond donors (Lipinski definition) is 1. The molecule has 0 unspecified atom stereocenters. The number of nitrogens with zero attached hydrogens (tertiary/aromatic N) is 3. The Morgan fingerprint density at radius 2 is 2.39 bits per heavy atom. The lowest BCUT2D eigenvalue weighted by Crippen LogP contribution is -2.41. The number of aryl methyl sites for hydroxylation is 1. The Bertz CT molecular complexity index is 632. The van der Waals surface area contributed by atoms with E-state index in [0.29, 0.717) is 6.54 Å². The smallest absolute Gasteiger partial charge is 0.244 e. The fourth-order valence-corrected chi connectivity index (χ4v) is 3.21. The molecule has 0 saturated carbocycles. The lowest BCUT2D eigenvalue weighted by Gasteiger charge is -2.22. The number of sulfonamides is 1. The second-order valence-electron chi connectivity index (χ2n) is 4.17. The summed E-state index contributed by atoms with van der Waals surface area (Å²) >= 11 is 0. The van der Waals surface area contributed by atoms with Gasteiger partial charge >= 0.3 is 0 Å². The molecule has 2 aromatic heterocycles. The van der Waals surface area contributed by atoms with Gasteiger partial charge in [-0.3, -0.25) is 0 Å². The van der Waals surface area contributed by atoms with Gasteiger partial charge in [0.05, 0.1) is 12.8 Å². The first-order valence-electron chi connectivity index (χ1n) is 5.56. The van der Waals surface area contributed by atoms with Crippen LogP contribution in [0.4, 0.5) is 0 Å². The third kappa shape index (κ3) is 2.04. The highest BCUT2D eigenvalue weighted by atomic mass is 32.2. The minimum Gasteiger partial charge on any atom is -0.471 e. The normalized spacial score (nSPS) is 19.7. The highest BCUT2D eigenvalue weighted by Crippen LogP contribution is 2.15. The van der Waals surface area contributed by atoms with Crippen molar-refractivity contribution in [2.75, 3.05) is 0 Å². The van der Waals surface area contributed by atoms with E-state index < -0.39 is 10.0 Å². The van der Waals surface area contributed by atoms with Crippen LogP contribution in [0.3, 0.4) is 0 Å². The van der Waals surface area contributed by atoms with Gasteiger partial charge in [0.2, 0.25) is 10.0 Å². The van der Waals surface area contributed by atoms with Gasteiger partial charge in [-0.05, 0) is 12.5 Å². The van der Waals surface area contributed by atoms with Crippen LogP contribution in [-0.4, -0.2) is 29.2 Å². The number of rotatable bonds is 3.